The van der Waals surface area contributed by atoms with E-state index in [1.807, 2.05) is 13.0 Å². The van der Waals surface area contributed by atoms with E-state index in [-0.39, 0.29) is 12.2 Å². The van der Waals surface area contributed by atoms with Crippen molar-refractivity contribution < 1.29 is 9.50 Å². The lowest BCUT2D eigenvalue weighted by Gasteiger charge is -2.13. The van der Waals surface area contributed by atoms with Crippen LogP contribution in [0.25, 0.3) is 0 Å². The molecule has 0 radical (unpaired) electrons. The van der Waals surface area contributed by atoms with E-state index in [4.69, 9.17) is 0 Å². The average molecular weight is 310 g/mol. The predicted molar refractivity (Wildman–Crippen MR) is 71.7 cm³/mol. The molecular weight excluding hydrogens is 297 g/mol. The van der Waals surface area contributed by atoms with Crippen LogP contribution in [0.15, 0.2) is 41.0 Å². The highest BCUT2D eigenvalue weighted by molar-refractivity contribution is 9.10. The van der Waals surface area contributed by atoms with Crippen molar-refractivity contribution in [1.29, 1.82) is 0 Å². The molecule has 18 heavy (non-hydrogen) atoms. The summed E-state index contributed by atoms with van der Waals surface area (Å²) >= 11 is 3.21. The number of aliphatic hydroxyl groups is 1. The Labute approximate surface area is 114 Å². The van der Waals surface area contributed by atoms with Gasteiger partial charge in [-0.1, -0.05) is 28.1 Å². The second-order valence-electron chi connectivity index (χ2n) is 4.13. The van der Waals surface area contributed by atoms with Crippen molar-refractivity contribution in [1.82, 2.24) is 4.98 Å². The number of halogens is 2. The molecule has 4 heteroatoms. The molecule has 94 valence electrons. The number of pyridine rings is 1. The van der Waals surface area contributed by atoms with Gasteiger partial charge in [-0.3, -0.25) is 4.98 Å². The molecular formula is C14H13BrFNO. The minimum Gasteiger partial charge on any atom is -0.388 e. The molecule has 0 saturated carbocycles. The molecule has 0 saturated heterocycles. The lowest BCUT2D eigenvalue weighted by molar-refractivity contribution is 0.176. The van der Waals surface area contributed by atoms with Gasteiger partial charge in [0.25, 0.3) is 0 Å². The van der Waals surface area contributed by atoms with Gasteiger partial charge in [-0.05, 0) is 30.7 Å². The minimum absolute atomic E-state index is 0.242. The second kappa shape index (κ2) is 5.59. The van der Waals surface area contributed by atoms with Gasteiger partial charge in [0.05, 0.1) is 6.10 Å². The van der Waals surface area contributed by atoms with E-state index in [1.54, 1.807) is 24.4 Å². The maximum atomic E-state index is 13.7. The van der Waals surface area contributed by atoms with Crippen LogP contribution in [0.2, 0.25) is 0 Å². The molecule has 0 aliphatic heterocycles. The summed E-state index contributed by atoms with van der Waals surface area (Å²) in [6.45, 7) is 1.83. The van der Waals surface area contributed by atoms with Gasteiger partial charge >= 0.3 is 0 Å². The lowest BCUT2D eigenvalue weighted by Crippen LogP contribution is -2.06. The molecule has 0 aliphatic rings. The van der Waals surface area contributed by atoms with Crippen LogP contribution in [0.4, 0.5) is 4.39 Å². The van der Waals surface area contributed by atoms with Gasteiger partial charge in [-0.2, -0.15) is 0 Å². The first-order chi connectivity index (χ1) is 8.58. The Hall–Kier alpha value is -1.26. The first-order valence-corrected chi connectivity index (χ1v) is 6.40. The molecule has 0 fully saturated rings. The number of hydrogen-bond donors (Lipinski definition) is 1. The van der Waals surface area contributed by atoms with Crippen molar-refractivity contribution in [3.63, 3.8) is 0 Å². The number of benzene rings is 1. The Morgan fingerprint density at radius 1 is 1.39 bits per heavy atom. The Bertz CT molecular complexity index is 559. The van der Waals surface area contributed by atoms with Crippen molar-refractivity contribution in [2.45, 2.75) is 19.4 Å². The predicted octanol–water partition coefficient (Wildman–Crippen LogP) is 3.57. The molecule has 2 nitrogen and oxygen atoms in total. The maximum absolute atomic E-state index is 13.7. The third kappa shape index (κ3) is 2.94. The van der Waals surface area contributed by atoms with E-state index in [9.17, 15) is 9.50 Å². The number of aryl methyl sites for hydroxylation is 1. The molecule has 0 amide bonds. The zero-order valence-corrected chi connectivity index (χ0v) is 11.5. The zero-order chi connectivity index (χ0) is 13.1. The maximum Gasteiger partial charge on any atom is 0.127 e. The summed E-state index contributed by atoms with van der Waals surface area (Å²) in [4.78, 5) is 4.12. The summed E-state index contributed by atoms with van der Waals surface area (Å²) in [5.74, 6) is -0.315. The molecule has 1 unspecified atom stereocenters. The summed E-state index contributed by atoms with van der Waals surface area (Å²) in [6.07, 6.45) is 1.17. The van der Waals surface area contributed by atoms with Crippen LogP contribution in [0.5, 0.6) is 0 Å². The number of nitrogens with zero attached hydrogens (tertiary/aromatic N) is 1. The molecule has 2 aromatic rings. The van der Waals surface area contributed by atoms with E-state index in [2.05, 4.69) is 20.9 Å². The molecule has 0 aliphatic carbocycles. The number of aliphatic hydroxyl groups excluding tert-OH is 1. The van der Waals surface area contributed by atoms with Gasteiger partial charge < -0.3 is 5.11 Å². The van der Waals surface area contributed by atoms with Gasteiger partial charge in [0, 0.05) is 28.3 Å². The average Bonchev–Trinajstić information content (AvgIpc) is 2.33. The Morgan fingerprint density at radius 2 is 2.17 bits per heavy atom. The normalized spacial score (nSPS) is 12.4. The third-order valence-electron chi connectivity index (χ3n) is 2.84. The largest absolute Gasteiger partial charge is 0.388 e. The Balaban J connectivity index is 2.21. The van der Waals surface area contributed by atoms with Crippen LogP contribution in [-0.2, 0) is 6.42 Å². The number of aromatic nitrogens is 1. The summed E-state index contributed by atoms with van der Waals surface area (Å²) in [5.41, 5.74) is 2.00. The standard InChI is InChI=1S/C14H13BrFNO/c1-9-12(3-2-6-17-9)14(18)7-10-4-5-11(15)8-13(10)16/h2-6,8,14,18H,7H2,1H3. The van der Waals surface area contributed by atoms with Gasteiger partial charge in [0.15, 0.2) is 0 Å². The highest BCUT2D eigenvalue weighted by Crippen LogP contribution is 2.23. The molecule has 1 atom stereocenters. The van der Waals surface area contributed by atoms with E-state index in [0.29, 0.717) is 10.0 Å². The van der Waals surface area contributed by atoms with Gasteiger partial charge in [-0.25, -0.2) is 4.39 Å². The third-order valence-corrected chi connectivity index (χ3v) is 3.33. The van der Waals surface area contributed by atoms with Gasteiger partial charge in [0.2, 0.25) is 0 Å². The van der Waals surface area contributed by atoms with Crippen LogP contribution in [0.3, 0.4) is 0 Å². The van der Waals surface area contributed by atoms with Crippen LogP contribution in [-0.4, -0.2) is 10.1 Å². The summed E-state index contributed by atoms with van der Waals surface area (Å²) in [6, 6.07) is 8.42. The number of hydrogen-bond acceptors (Lipinski definition) is 2. The van der Waals surface area contributed by atoms with Crippen molar-refractivity contribution in [3.8, 4) is 0 Å². The van der Waals surface area contributed by atoms with Gasteiger partial charge in [-0.15, -0.1) is 0 Å². The topological polar surface area (TPSA) is 33.1 Å². The lowest BCUT2D eigenvalue weighted by atomic mass is 10.0. The van der Waals surface area contributed by atoms with E-state index < -0.39 is 6.10 Å². The monoisotopic (exact) mass is 309 g/mol. The van der Waals surface area contributed by atoms with Crippen LogP contribution in [0, 0.1) is 12.7 Å². The molecule has 2 rings (SSSR count). The van der Waals surface area contributed by atoms with Crippen LogP contribution < -0.4 is 0 Å². The first-order valence-electron chi connectivity index (χ1n) is 5.61. The minimum atomic E-state index is -0.741. The van der Waals surface area contributed by atoms with E-state index >= 15 is 0 Å². The van der Waals surface area contributed by atoms with E-state index in [1.165, 1.54) is 6.07 Å². The fraction of sp³-hybridized carbons (Fsp3) is 0.214. The molecule has 1 heterocycles. The van der Waals surface area contributed by atoms with Crippen molar-refractivity contribution in [3.05, 3.63) is 63.6 Å². The molecule has 0 bridgehead atoms. The van der Waals surface area contributed by atoms with Gasteiger partial charge in [0.1, 0.15) is 5.82 Å². The van der Waals surface area contributed by atoms with Crippen molar-refractivity contribution in [2.24, 2.45) is 0 Å². The summed E-state index contributed by atoms with van der Waals surface area (Å²) in [5, 5.41) is 10.1. The fourth-order valence-corrected chi connectivity index (χ4v) is 2.19. The zero-order valence-electron chi connectivity index (χ0n) is 9.90. The van der Waals surface area contributed by atoms with Crippen LogP contribution >= 0.6 is 15.9 Å². The Morgan fingerprint density at radius 3 is 2.83 bits per heavy atom. The fourth-order valence-electron chi connectivity index (χ4n) is 1.85. The smallest absolute Gasteiger partial charge is 0.127 e. The molecule has 1 aromatic carbocycles. The van der Waals surface area contributed by atoms with Crippen molar-refractivity contribution >= 4 is 15.9 Å². The quantitative estimate of drug-likeness (QED) is 0.940. The summed E-state index contributed by atoms with van der Waals surface area (Å²) < 4.78 is 14.4. The van der Waals surface area contributed by atoms with Crippen molar-refractivity contribution in [2.75, 3.05) is 0 Å². The highest BCUT2D eigenvalue weighted by atomic mass is 79.9. The van der Waals surface area contributed by atoms with Crippen LogP contribution in [0.1, 0.15) is 22.9 Å². The SMILES string of the molecule is Cc1ncccc1C(O)Cc1ccc(Br)cc1F. The highest BCUT2D eigenvalue weighted by Gasteiger charge is 2.14. The molecule has 0 spiro atoms. The summed E-state index contributed by atoms with van der Waals surface area (Å²) in [7, 11) is 0. The second-order valence-corrected chi connectivity index (χ2v) is 5.05. The number of rotatable bonds is 3. The Kier molecular flexibility index (Phi) is 4.09. The van der Waals surface area contributed by atoms with E-state index in [0.717, 1.165) is 11.3 Å². The molecule has 1 aromatic heterocycles. The first kappa shape index (κ1) is 13.2. The molecule has 1 N–H and O–H groups in total.